The van der Waals surface area contributed by atoms with Gasteiger partial charge in [-0.1, -0.05) is 60.2 Å². The minimum atomic E-state index is -0.682. The summed E-state index contributed by atoms with van der Waals surface area (Å²) in [5.41, 5.74) is 3.01. The highest BCUT2D eigenvalue weighted by Gasteiger charge is 2.22. The standard InChI is InChI=1S/C19H21NO3/c1-14-7-6-10-16(11-14)12-17(19(22)23-2)20-18(21)13-15-8-4-3-5-9-15/h3-11,17H,12-13H2,1-2H3,(H,20,21)/t17-/m0/s1. The molecular weight excluding hydrogens is 290 g/mol. The van der Waals surface area contributed by atoms with Gasteiger partial charge in [0, 0.05) is 6.42 Å². The summed E-state index contributed by atoms with van der Waals surface area (Å²) in [7, 11) is 1.33. The summed E-state index contributed by atoms with van der Waals surface area (Å²) in [6, 6.07) is 16.6. The Bertz CT molecular complexity index is 667. The normalized spacial score (nSPS) is 11.6. The van der Waals surface area contributed by atoms with Crippen LogP contribution in [-0.4, -0.2) is 25.0 Å². The molecule has 23 heavy (non-hydrogen) atoms. The van der Waals surface area contributed by atoms with Gasteiger partial charge in [-0.15, -0.1) is 0 Å². The summed E-state index contributed by atoms with van der Waals surface area (Å²) >= 11 is 0. The van der Waals surface area contributed by atoms with Gasteiger partial charge in [-0.05, 0) is 18.1 Å². The molecule has 0 aliphatic carbocycles. The predicted octanol–water partition coefficient (Wildman–Crippen LogP) is 2.44. The van der Waals surface area contributed by atoms with E-state index in [2.05, 4.69) is 5.32 Å². The predicted molar refractivity (Wildman–Crippen MR) is 89.0 cm³/mol. The van der Waals surface area contributed by atoms with Crippen molar-refractivity contribution in [3.05, 3.63) is 71.3 Å². The summed E-state index contributed by atoms with van der Waals surface area (Å²) in [4.78, 5) is 24.1. The van der Waals surface area contributed by atoms with Crippen molar-refractivity contribution >= 4 is 11.9 Å². The van der Waals surface area contributed by atoms with Gasteiger partial charge in [0.05, 0.1) is 13.5 Å². The van der Waals surface area contributed by atoms with E-state index in [1.807, 2.05) is 61.5 Å². The van der Waals surface area contributed by atoms with E-state index in [-0.39, 0.29) is 12.3 Å². The maximum Gasteiger partial charge on any atom is 0.328 e. The van der Waals surface area contributed by atoms with Crippen LogP contribution in [-0.2, 0) is 27.2 Å². The van der Waals surface area contributed by atoms with Gasteiger partial charge in [0.15, 0.2) is 0 Å². The number of esters is 1. The summed E-state index contributed by atoms with van der Waals surface area (Å²) in [5, 5.41) is 2.77. The Morgan fingerprint density at radius 3 is 2.39 bits per heavy atom. The Kier molecular flexibility index (Phi) is 5.92. The zero-order chi connectivity index (χ0) is 16.7. The molecule has 4 heteroatoms. The molecule has 0 saturated heterocycles. The van der Waals surface area contributed by atoms with Crippen LogP contribution in [0.15, 0.2) is 54.6 Å². The zero-order valence-corrected chi connectivity index (χ0v) is 13.4. The van der Waals surface area contributed by atoms with Crippen LogP contribution in [0.1, 0.15) is 16.7 Å². The fourth-order valence-electron chi connectivity index (χ4n) is 2.44. The molecule has 1 N–H and O–H groups in total. The topological polar surface area (TPSA) is 55.4 Å². The number of aryl methyl sites for hydroxylation is 1. The van der Waals surface area contributed by atoms with Crippen molar-refractivity contribution < 1.29 is 14.3 Å². The highest BCUT2D eigenvalue weighted by Crippen LogP contribution is 2.08. The monoisotopic (exact) mass is 311 g/mol. The minimum absolute atomic E-state index is 0.195. The second kappa shape index (κ2) is 8.13. The molecule has 0 unspecified atom stereocenters. The lowest BCUT2D eigenvalue weighted by Crippen LogP contribution is -2.43. The smallest absolute Gasteiger partial charge is 0.328 e. The molecule has 0 fully saturated rings. The van der Waals surface area contributed by atoms with Crippen molar-refractivity contribution in [2.24, 2.45) is 0 Å². The van der Waals surface area contributed by atoms with Crippen molar-refractivity contribution in [3.63, 3.8) is 0 Å². The summed E-state index contributed by atoms with van der Waals surface area (Å²) in [6.45, 7) is 1.99. The number of carbonyl (C=O) groups is 2. The summed E-state index contributed by atoms with van der Waals surface area (Å²) in [5.74, 6) is -0.632. The van der Waals surface area contributed by atoms with Gasteiger partial charge in [-0.25, -0.2) is 4.79 Å². The second-order valence-electron chi connectivity index (χ2n) is 5.50. The Morgan fingerprint density at radius 2 is 1.74 bits per heavy atom. The molecule has 0 heterocycles. The van der Waals surface area contributed by atoms with Crippen molar-refractivity contribution in [2.45, 2.75) is 25.8 Å². The lowest BCUT2D eigenvalue weighted by Gasteiger charge is -2.17. The largest absolute Gasteiger partial charge is 0.467 e. The van der Waals surface area contributed by atoms with E-state index in [0.29, 0.717) is 6.42 Å². The fraction of sp³-hybridized carbons (Fsp3) is 0.263. The molecule has 120 valence electrons. The highest BCUT2D eigenvalue weighted by atomic mass is 16.5. The third-order valence-corrected chi connectivity index (χ3v) is 3.55. The van der Waals surface area contributed by atoms with E-state index in [4.69, 9.17) is 4.74 Å². The first-order valence-electron chi connectivity index (χ1n) is 7.55. The van der Waals surface area contributed by atoms with Crippen LogP contribution in [0.5, 0.6) is 0 Å². The van der Waals surface area contributed by atoms with Gasteiger partial charge in [0.25, 0.3) is 0 Å². The van der Waals surface area contributed by atoms with Gasteiger partial charge in [0.1, 0.15) is 6.04 Å². The van der Waals surface area contributed by atoms with Crippen molar-refractivity contribution in [1.29, 1.82) is 0 Å². The number of rotatable bonds is 6. The molecule has 4 nitrogen and oxygen atoms in total. The van der Waals surface area contributed by atoms with E-state index in [1.54, 1.807) is 0 Å². The van der Waals surface area contributed by atoms with E-state index < -0.39 is 12.0 Å². The Hall–Kier alpha value is -2.62. The van der Waals surface area contributed by atoms with Gasteiger partial charge >= 0.3 is 5.97 Å². The molecule has 2 rings (SSSR count). The van der Waals surface area contributed by atoms with Gasteiger partial charge < -0.3 is 10.1 Å². The van der Waals surface area contributed by atoms with Crippen molar-refractivity contribution in [1.82, 2.24) is 5.32 Å². The van der Waals surface area contributed by atoms with Gasteiger partial charge in [-0.2, -0.15) is 0 Å². The van der Waals surface area contributed by atoms with Gasteiger partial charge in [-0.3, -0.25) is 4.79 Å². The maximum atomic E-state index is 12.2. The first-order chi connectivity index (χ1) is 11.1. The third kappa shape index (κ3) is 5.25. The Morgan fingerprint density at radius 1 is 1.04 bits per heavy atom. The summed E-state index contributed by atoms with van der Waals surface area (Å²) in [6.07, 6.45) is 0.650. The molecule has 0 spiro atoms. The average Bonchev–Trinajstić information content (AvgIpc) is 2.54. The molecule has 0 aliphatic heterocycles. The number of methoxy groups -OCH3 is 1. The molecule has 1 amide bonds. The van der Waals surface area contributed by atoms with E-state index >= 15 is 0 Å². The molecule has 0 bridgehead atoms. The minimum Gasteiger partial charge on any atom is -0.467 e. The average molecular weight is 311 g/mol. The van der Waals surface area contributed by atoms with Crippen LogP contribution in [0.3, 0.4) is 0 Å². The maximum absolute atomic E-state index is 12.2. The number of amides is 1. The van der Waals surface area contributed by atoms with Crippen LogP contribution >= 0.6 is 0 Å². The Labute approximate surface area is 136 Å². The number of hydrogen-bond acceptors (Lipinski definition) is 3. The fourth-order valence-corrected chi connectivity index (χ4v) is 2.44. The molecular formula is C19H21NO3. The van der Waals surface area contributed by atoms with E-state index in [0.717, 1.165) is 16.7 Å². The number of ether oxygens (including phenoxy) is 1. The summed E-state index contributed by atoms with van der Waals surface area (Å²) < 4.78 is 4.81. The van der Waals surface area contributed by atoms with Crippen LogP contribution in [0.4, 0.5) is 0 Å². The van der Waals surface area contributed by atoms with Crippen LogP contribution < -0.4 is 5.32 Å². The van der Waals surface area contributed by atoms with Gasteiger partial charge in [0.2, 0.25) is 5.91 Å². The van der Waals surface area contributed by atoms with Crippen LogP contribution in [0.25, 0.3) is 0 Å². The number of benzene rings is 2. The third-order valence-electron chi connectivity index (χ3n) is 3.55. The van der Waals surface area contributed by atoms with E-state index in [9.17, 15) is 9.59 Å². The highest BCUT2D eigenvalue weighted by molar-refractivity contribution is 5.85. The molecule has 0 aliphatic rings. The molecule has 0 saturated carbocycles. The van der Waals surface area contributed by atoms with Crippen LogP contribution in [0, 0.1) is 6.92 Å². The SMILES string of the molecule is COC(=O)[C@H](Cc1cccc(C)c1)NC(=O)Cc1ccccc1. The van der Waals surface area contributed by atoms with Crippen molar-refractivity contribution in [2.75, 3.05) is 7.11 Å². The molecule has 0 aromatic heterocycles. The van der Waals surface area contributed by atoms with E-state index in [1.165, 1.54) is 7.11 Å². The first-order valence-corrected chi connectivity index (χ1v) is 7.55. The van der Waals surface area contributed by atoms with Crippen molar-refractivity contribution in [3.8, 4) is 0 Å². The molecule has 0 radical (unpaired) electrons. The van der Waals surface area contributed by atoms with Crippen LogP contribution in [0.2, 0.25) is 0 Å². The lowest BCUT2D eigenvalue weighted by atomic mass is 10.0. The number of hydrogen-bond donors (Lipinski definition) is 1. The number of carbonyl (C=O) groups excluding carboxylic acids is 2. The second-order valence-corrected chi connectivity index (χ2v) is 5.50. The number of nitrogens with one attached hydrogen (secondary N) is 1. The molecule has 2 aromatic rings. The zero-order valence-electron chi connectivity index (χ0n) is 13.4. The molecule has 2 aromatic carbocycles. The lowest BCUT2D eigenvalue weighted by molar-refractivity contribution is -0.145. The molecule has 1 atom stereocenters. The quantitative estimate of drug-likeness (QED) is 0.834. The first kappa shape index (κ1) is 16.7. The Balaban J connectivity index is 2.03.